The fourth-order valence-electron chi connectivity index (χ4n) is 4.23. The van der Waals surface area contributed by atoms with Crippen LogP contribution in [0, 0.1) is 0 Å². The lowest BCUT2D eigenvalue weighted by Gasteiger charge is -2.46. The predicted octanol–water partition coefficient (Wildman–Crippen LogP) is 4.44. The Hall–Kier alpha value is -2.44. The number of anilines is 1. The van der Waals surface area contributed by atoms with Crippen LogP contribution >= 0.6 is 12.4 Å². The van der Waals surface area contributed by atoms with Gasteiger partial charge in [0.25, 0.3) is 0 Å². The molecule has 0 aromatic heterocycles. The highest BCUT2D eigenvalue weighted by Gasteiger charge is 2.50. The number of ether oxygens (including phenoxy) is 1. The second kappa shape index (κ2) is 12.6. The molecule has 0 N–H and O–H groups in total. The number of carbonyl (C=O) groups excluding carboxylic acids is 2. The fourth-order valence-corrected chi connectivity index (χ4v) is 4.23. The molecule has 1 saturated heterocycles. The molecule has 0 spiro atoms. The summed E-state index contributed by atoms with van der Waals surface area (Å²) >= 11 is 0. The van der Waals surface area contributed by atoms with E-state index in [1.54, 1.807) is 11.8 Å². The van der Waals surface area contributed by atoms with Crippen molar-refractivity contribution in [3.05, 3.63) is 66.2 Å². The van der Waals surface area contributed by atoms with Crippen molar-refractivity contribution in [1.82, 2.24) is 4.90 Å². The highest BCUT2D eigenvalue weighted by Crippen LogP contribution is 2.35. The standard InChI is InChI=1S/C25H31FN2O3.ClH/c1-2-23(29)28(22-11-7-4-8-12-22)25(24(30)31-20-16-26)14-18-27(19-15-25)17-13-21-9-5-3-6-10-21;/h3-12H,2,13-20H2,1H3;1H. The van der Waals surface area contributed by atoms with E-state index < -0.39 is 18.2 Å². The summed E-state index contributed by atoms with van der Waals surface area (Å²) in [6.45, 7) is 2.97. The molecule has 1 amide bonds. The number of benzene rings is 2. The first-order valence-corrected chi connectivity index (χ1v) is 11.0. The van der Waals surface area contributed by atoms with Crippen LogP contribution in [-0.2, 0) is 20.7 Å². The first-order valence-electron chi connectivity index (χ1n) is 11.0. The Morgan fingerprint density at radius 3 is 2.19 bits per heavy atom. The van der Waals surface area contributed by atoms with Crippen LogP contribution in [0.1, 0.15) is 31.7 Å². The van der Waals surface area contributed by atoms with Gasteiger partial charge in [0.15, 0.2) is 0 Å². The minimum absolute atomic E-state index is 0. The topological polar surface area (TPSA) is 49.9 Å². The van der Waals surface area contributed by atoms with Crippen LogP contribution in [0.2, 0.25) is 0 Å². The molecule has 1 fully saturated rings. The van der Waals surface area contributed by atoms with Crippen molar-refractivity contribution in [2.24, 2.45) is 0 Å². The molecule has 1 heterocycles. The van der Waals surface area contributed by atoms with Gasteiger partial charge in [0.1, 0.15) is 18.8 Å². The molecule has 2 aromatic rings. The van der Waals surface area contributed by atoms with Crippen molar-refractivity contribution in [2.75, 3.05) is 37.8 Å². The molecule has 7 heteroatoms. The molecule has 0 aliphatic carbocycles. The maximum Gasteiger partial charge on any atom is 0.332 e. The molecule has 5 nitrogen and oxygen atoms in total. The first kappa shape index (κ1) is 25.8. The third-order valence-corrected chi connectivity index (χ3v) is 5.93. The molecule has 32 heavy (non-hydrogen) atoms. The van der Waals surface area contributed by atoms with E-state index in [2.05, 4.69) is 17.0 Å². The average molecular weight is 463 g/mol. The van der Waals surface area contributed by atoms with Crippen molar-refractivity contribution in [1.29, 1.82) is 0 Å². The van der Waals surface area contributed by atoms with E-state index in [1.807, 2.05) is 48.5 Å². The van der Waals surface area contributed by atoms with Gasteiger partial charge in [-0.05, 0) is 37.0 Å². The van der Waals surface area contributed by atoms with Crippen LogP contribution in [-0.4, -0.2) is 55.2 Å². The number of carbonyl (C=O) groups is 2. The zero-order valence-electron chi connectivity index (χ0n) is 18.5. The molecular formula is C25H32ClFN2O3. The van der Waals surface area contributed by atoms with Crippen LogP contribution in [0.25, 0.3) is 0 Å². The lowest BCUT2D eigenvalue weighted by Crippen LogP contribution is -2.63. The van der Waals surface area contributed by atoms with Gasteiger partial charge >= 0.3 is 5.97 Å². The van der Waals surface area contributed by atoms with Gasteiger partial charge in [0, 0.05) is 31.7 Å². The zero-order chi connectivity index (χ0) is 22.1. The molecule has 0 saturated carbocycles. The predicted molar refractivity (Wildman–Crippen MR) is 127 cm³/mol. The fraction of sp³-hybridized carbons (Fsp3) is 0.440. The third-order valence-electron chi connectivity index (χ3n) is 5.93. The van der Waals surface area contributed by atoms with Crippen LogP contribution < -0.4 is 4.90 Å². The maximum atomic E-state index is 13.2. The highest BCUT2D eigenvalue weighted by atomic mass is 35.5. The Morgan fingerprint density at radius 2 is 1.62 bits per heavy atom. The van der Waals surface area contributed by atoms with Crippen molar-refractivity contribution in [3.63, 3.8) is 0 Å². The summed E-state index contributed by atoms with van der Waals surface area (Å²) in [5.74, 6) is -0.653. The Balaban J connectivity index is 0.00000363. The quantitative estimate of drug-likeness (QED) is 0.517. The summed E-state index contributed by atoms with van der Waals surface area (Å²) in [6.07, 6.45) is 2.10. The number of halogens is 2. The summed E-state index contributed by atoms with van der Waals surface area (Å²) < 4.78 is 18.0. The van der Waals surface area contributed by atoms with Crippen molar-refractivity contribution >= 4 is 30.0 Å². The number of piperidine rings is 1. The summed E-state index contributed by atoms with van der Waals surface area (Å²) in [7, 11) is 0. The molecule has 1 aliphatic rings. The van der Waals surface area contributed by atoms with E-state index >= 15 is 0 Å². The summed E-state index contributed by atoms with van der Waals surface area (Å²) in [5.41, 5.74) is 0.824. The third kappa shape index (κ3) is 6.08. The van der Waals surface area contributed by atoms with Crippen LogP contribution in [0.15, 0.2) is 60.7 Å². The van der Waals surface area contributed by atoms with Gasteiger partial charge in [-0.1, -0.05) is 55.5 Å². The minimum atomic E-state index is -1.12. The smallest absolute Gasteiger partial charge is 0.332 e. The Labute approximate surface area is 196 Å². The zero-order valence-corrected chi connectivity index (χ0v) is 19.4. The minimum Gasteiger partial charge on any atom is -0.461 e. The SMILES string of the molecule is CCC(=O)N(c1ccccc1)C1(C(=O)OCCF)CCN(CCc2ccccc2)CC1.Cl. The van der Waals surface area contributed by atoms with E-state index in [9.17, 15) is 14.0 Å². The van der Waals surface area contributed by atoms with Gasteiger partial charge in [-0.2, -0.15) is 0 Å². The van der Waals surface area contributed by atoms with E-state index in [4.69, 9.17) is 4.74 Å². The van der Waals surface area contributed by atoms with Gasteiger partial charge < -0.3 is 9.64 Å². The summed E-state index contributed by atoms with van der Waals surface area (Å²) in [4.78, 5) is 30.1. The number of amides is 1. The molecule has 0 bridgehead atoms. The first-order chi connectivity index (χ1) is 15.1. The number of para-hydroxylation sites is 1. The molecule has 3 rings (SSSR count). The van der Waals surface area contributed by atoms with Crippen LogP contribution in [0.5, 0.6) is 0 Å². The molecule has 0 unspecified atom stereocenters. The second-order valence-corrected chi connectivity index (χ2v) is 7.85. The summed E-state index contributed by atoms with van der Waals surface area (Å²) in [6, 6.07) is 19.5. The molecule has 2 aromatic carbocycles. The molecular weight excluding hydrogens is 431 g/mol. The number of rotatable bonds is 9. The molecule has 174 valence electrons. The monoisotopic (exact) mass is 462 g/mol. The highest BCUT2D eigenvalue weighted by molar-refractivity contribution is 6.02. The molecule has 1 aliphatic heterocycles. The van der Waals surface area contributed by atoms with E-state index in [0.29, 0.717) is 31.6 Å². The maximum absolute atomic E-state index is 13.2. The lowest BCUT2D eigenvalue weighted by molar-refractivity contribution is -0.154. The van der Waals surface area contributed by atoms with E-state index in [0.717, 1.165) is 13.0 Å². The van der Waals surface area contributed by atoms with Crippen LogP contribution in [0.4, 0.5) is 10.1 Å². The lowest BCUT2D eigenvalue weighted by atomic mass is 9.84. The molecule has 0 radical (unpaired) electrons. The normalized spacial score (nSPS) is 15.4. The average Bonchev–Trinajstić information content (AvgIpc) is 2.83. The van der Waals surface area contributed by atoms with Crippen molar-refractivity contribution in [2.45, 2.75) is 38.1 Å². The number of hydrogen-bond donors (Lipinski definition) is 0. The molecule has 0 atom stereocenters. The second-order valence-electron chi connectivity index (χ2n) is 7.85. The summed E-state index contributed by atoms with van der Waals surface area (Å²) in [5, 5.41) is 0. The number of esters is 1. The van der Waals surface area contributed by atoms with Gasteiger partial charge in [-0.25, -0.2) is 9.18 Å². The van der Waals surface area contributed by atoms with Gasteiger partial charge in [0.05, 0.1) is 0 Å². The largest absolute Gasteiger partial charge is 0.461 e. The van der Waals surface area contributed by atoms with Crippen LogP contribution in [0.3, 0.4) is 0 Å². The van der Waals surface area contributed by atoms with Crippen molar-refractivity contribution in [3.8, 4) is 0 Å². The van der Waals surface area contributed by atoms with Gasteiger partial charge in [-0.15, -0.1) is 12.4 Å². The number of alkyl halides is 1. The number of likely N-dealkylation sites (tertiary alicyclic amines) is 1. The number of nitrogens with zero attached hydrogens (tertiary/aromatic N) is 2. The Bertz CT molecular complexity index is 843. The van der Waals surface area contributed by atoms with E-state index in [-0.39, 0.29) is 31.3 Å². The Kier molecular flexibility index (Phi) is 10.1. The number of hydrogen-bond acceptors (Lipinski definition) is 4. The van der Waals surface area contributed by atoms with Gasteiger partial charge in [-0.3, -0.25) is 9.69 Å². The van der Waals surface area contributed by atoms with Gasteiger partial charge in [0.2, 0.25) is 5.91 Å². The van der Waals surface area contributed by atoms with E-state index in [1.165, 1.54) is 5.56 Å². The van der Waals surface area contributed by atoms with Crippen molar-refractivity contribution < 1.29 is 18.7 Å². The Morgan fingerprint density at radius 1 is 1.03 bits per heavy atom.